The van der Waals surface area contributed by atoms with Gasteiger partial charge in [-0.1, -0.05) is 76.1 Å². The molecule has 1 N–H and O–H groups in total. The minimum absolute atomic E-state index is 0.00969. The number of rotatable bonds is 8. The lowest BCUT2D eigenvalue weighted by Gasteiger charge is -2.21. The third-order valence-corrected chi connectivity index (χ3v) is 7.05. The van der Waals surface area contributed by atoms with Crippen molar-refractivity contribution in [3.05, 3.63) is 99.5 Å². The van der Waals surface area contributed by atoms with Gasteiger partial charge in [0.15, 0.2) is 0 Å². The summed E-state index contributed by atoms with van der Waals surface area (Å²) >= 11 is 9.32. The van der Waals surface area contributed by atoms with Crippen LogP contribution in [0.5, 0.6) is 0 Å². The summed E-state index contributed by atoms with van der Waals surface area (Å²) in [6.45, 7) is -0.386. The van der Waals surface area contributed by atoms with Gasteiger partial charge in [0, 0.05) is 21.6 Å². The summed E-state index contributed by atoms with van der Waals surface area (Å²) in [5.41, 5.74) is 3.87. The van der Waals surface area contributed by atoms with Crippen LogP contribution in [0.1, 0.15) is 11.1 Å². The van der Waals surface area contributed by atoms with Gasteiger partial charge in [-0.3, -0.25) is 4.79 Å². The Kier molecular flexibility index (Phi) is 7.97. The van der Waals surface area contributed by atoms with Crippen LogP contribution in [0.4, 0.5) is 0 Å². The highest BCUT2D eigenvalue weighted by Crippen LogP contribution is 2.19. The fraction of sp³-hybridized carbons (Fsp3) is 0.0909. The largest absolute Gasteiger partial charge is 0.272 e. The van der Waals surface area contributed by atoms with E-state index in [1.807, 2.05) is 24.3 Å². The molecule has 160 valence electrons. The van der Waals surface area contributed by atoms with Crippen molar-refractivity contribution < 1.29 is 13.2 Å². The molecular formula is C22H19BrClN3O3S. The van der Waals surface area contributed by atoms with E-state index in [2.05, 4.69) is 26.5 Å². The van der Waals surface area contributed by atoms with Gasteiger partial charge in [-0.2, -0.15) is 9.41 Å². The van der Waals surface area contributed by atoms with Crippen molar-refractivity contribution >= 4 is 49.7 Å². The predicted molar refractivity (Wildman–Crippen MR) is 125 cm³/mol. The smallest absolute Gasteiger partial charge is 0.255 e. The molecule has 0 spiro atoms. The number of amides is 1. The van der Waals surface area contributed by atoms with E-state index < -0.39 is 22.5 Å². The molecule has 0 bridgehead atoms. The molecule has 0 heterocycles. The molecule has 1 amide bonds. The van der Waals surface area contributed by atoms with E-state index in [4.69, 9.17) is 11.6 Å². The fourth-order valence-electron chi connectivity index (χ4n) is 2.71. The second-order valence-corrected chi connectivity index (χ2v) is 9.76. The Labute approximate surface area is 194 Å². The van der Waals surface area contributed by atoms with Gasteiger partial charge in [0.2, 0.25) is 10.0 Å². The lowest BCUT2D eigenvalue weighted by atomic mass is 10.2. The Morgan fingerprint density at radius 2 is 1.65 bits per heavy atom. The molecule has 0 aliphatic rings. The lowest BCUT2D eigenvalue weighted by Crippen LogP contribution is -2.39. The molecule has 0 aliphatic heterocycles. The molecule has 0 atom stereocenters. The van der Waals surface area contributed by atoms with Crippen molar-refractivity contribution in [3.63, 3.8) is 0 Å². The molecule has 0 radical (unpaired) electrons. The van der Waals surface area contributed by atoms with Gasteiger partial charge in [0.05, 0.1) is 17.7 Å². The maximum absolute atomic E-state index is 13.2. The van der Waals surface area contributed by atoms with E-state index in [0.717, 1.165) is 14.3 Å². The summed E-state index contributed by atoms with van der Waals surface area (Å²) in [7, 11) is -3.91. The zero-order valence-electron chi connectivity index (χ0n) is 16.3. The highest BCUT2D eigenvalue weighted by atomic mass is 79.9. The Morgan fingerprint density at radius 1 is 1.00 bits per heavy atom. The van der Waals surface area contributed by atoms with Crippen LogP contribution >= 0.6 is 27.5 Å². The molecular weight excluding hydrogens is 502 g/mol. The van der Waals surface area contributed by atoms with Crippen molar-refractivity contribution in [2.75, 3.05) is 6.54 Å². The van der Waals surface area contributed by atoms with Crippen molar-refractivity contribution in [2.24, 2.45) is 5.10 Å². The Morgan fingerprint density at radius 3 is 2.32 bits per heavy atom. The monoisotopic (exact) mass is 519 g/mol. The summed E-state index contributed by atoms with van der Waals surface area (Å²) in [4.78, 5) is 12.6. The topological polar surface area (TPSA) is 78.8 Å². The SMILES string of the molecule is O=C(CN(Cc1ccc(Cl)cc1)S(=O)(=O)c1ccccc1)N/N=C\c1ccccc1Br. The van der Waals surface area contributed by atoms with Gasteiger partial charge in [-0.25, -0.2) is 13.8 Å². The van der Waals surface area contributed by atoms with E-state index in [1.165, 1.54) is 18.3 Å². The summed E-state index contributed by atoms with van der Waals surface area (Å²) in [6.07, 6.45) is 1.48. The van der Waals surface area contributed by atoms with Crippen LogP contribution < -0.4 is 5.43 Å². The van der Waals surface area contributed by atoms with Gasteiger partial charge in [-0.15, -0.1) is 0 Å². The number of carbonyl (C=O) groups excluding carboxylic acids is 1. The molecule has 3 rings (SSSR count). The quantitative estimate of drug-likeness (QED) is 0.352. The first-order valence-electron chi connectivity index (χ1n) is 9.22. The van der Waals surface area contributed by atoms with E-state index in [-0.39, 0.29) is 11.4 Å². The second-order valence-electron chi connectivity index (χ2n) is 6.53. The number of nitrogens with one attached hydrogen (secondary N) is 1. The molecule has 31 heavy (non-hydrogen) atoms. The average molecular weight is 521 g/mol. The number of halogens is 2. The third kappa shape index (κ3) is 6.48. The molecule has 0 aliphatic carbocycles. The van der Waals surface area contributed by atoms with Gasteiger partial charge >= 0.3 is 0 Å². The van der Waals surface area contributed by atoms with Gasteiger partial charge in [-0.05, 0) is 35.9 Å². The standard InChI is InChI=1S/C22H19BrClN3O3S/c23-21-9-5-4-6-18(21)14-25-26-22(28)16-27(15-17-10-12-19(24)13-11-17)31(29,30)20-7-2-1-3-8-20/h1-14H,15-16H2,(H,26,28)/b25-14-. The Hall–Kier alpha value is -2.52. The summed E-state index contributed by atoms with van der Waals surface area (Å²) in [6, 6.07) is 22.2. The fourth-order valence-corrected chi connectivity index (χ4v) is 4.63. The van der Waals surface area contributed by atoms with Crippen LogP contribution in [0.25, 0.3) is 0 Å². The van der Waals surface area contributed by atoms with Crippen molar-refractivity contribution in [2.45, 2.75) is 11.4 Å². The van der Waals surface area contributed by atoms with Crippen LogP contribution in [-0.4, -0.2) is 31.4 Å². The van der Waals surface area contributed by atoms with Gasteiger partial charge < -0.3 is 0 Å². The molecule has 3 aromatic carbocycles. The molecule has 6 nitrogen and oxygen atoms in total. The van der Waals surface area contributed by atoms with Gasteiger partial charge in [0.25, 0.3) is 5.91 Å². The Balaban J connectivity index is 1.78. The highest BCUT2D eigenvalue weighted by molar-refractivity contribution is 9.10. The maximum Gasteiger partial charge on any atom is 0.255 e. The molecule has 0 fully saturated rings. The van der Waals surface area contributed by atoms with Crippen LogP contribution in [0.15, 0.2) is 93.3 Å². The number of benzene rings is 3. The summed E-state index contributed by atoms with van der Waals surface area (Å²) in [5.74, 6) is -0.559. The zero-order valence-corrected chi connectivity index (χ0v) is 19.4. The van der Waals surface area contributed by atoms with E-state index >= 15 is 0 Å². The predicted octanol–water partition coefficient (Wildman–Crippen LogP) is 4.44. The first-order valence-corrected chi connectivity index (χ1v) is 11.8. The van der Waals surface area contributed by atoms with Crippen molar-refractivity contribution in [1.29, 1.82) is 0 Å². The summed E-state index contributed by atoms with van der Waals surface area (Å²) in [5, 5.41) is 4.48. The van der Waals surface area contributed by atoms with Crippen LogP contribution in [0.2, 0.25) is 5.02 Å². The molecule has 0 saturated carbocycles. The highest BCUT2D eigenvalue weighted by Gasteiger charge is 2.26. The van der Waals surface area contributed by atoms with Crippen LogP contribution in [0, 0.1) is 0 Å². The molecule has 0 saturated heterocycles. The van der Waals surface area contributed by atoms with E-state index in [1.54, 1.807) is 42.5 Å². The number of sulfonamides is 1. The van der Waals surface area contributed by atoms with Crippen molar-refractivity contribution in [3.8, 4) is 0 Å². The number of carbonyl (C=O) groups is 1. The molecule has 0 unspecified atom stereocenters. The minimum Gasteiger partial charge on any atom is -0.272 e. The zero-order chi connectivity index (χ0) is 22.3. The molecule has 9 heteroatoms. The van der Waals surface area contributed by atoms with Crippen LogP contribution in [-0.2, 0) is 21.4 Å². The van der Waals surface area contributed by atoms with Crippen LogP contribution in [0.3, 0.4) is 0 Å². The third-order valence-electron chi connectivity index (χ3n) is 4.27. The lowest BCUT2D eigenvalue weighted by molar-refractivity contribution is -0.121. The minimum atomic E-state index is -3.91. The van der Waals surface area contributed by atoms with Gasteiger partial charge in [0.1, 0.15) is 0 Å². The first kappa shape index (κ1) is 23.1. The average Bonchev–Trinajstić information content (AvgIpc) is 2.77. The number of nitrogens with zero attached hydrogens (tertiary/aromatic N) is 2. The van der Waals surface area contributed by atoms with E-state index in [0.29, 0.717) is 10.6 Å². The first-order chi connectivity index (χ1) is 14.9. The normalized spacial score (nSPS) is 11.7. The number of hydrogen-bond acceptors (Lipinski definition) is 4. The maximum atomic E-state index is 13.2. The van der Waals surface area contributed by atoms with Crippen molar-refractivity contribution in [1.82, 2.24) is 9.73 Å². The summed E-state index contributed by atoms with van der Waals surface area (Å²) < 4.78 is 28.2. The molecule has 3 aromatic rings. The van der Waals surface area contributed by atoms with E-state index in [9.17, 15) is 13.2 Å². The molecule has 0 aromatic heterocycles. The number of hydrogen-bond donors (Lipinski definition) is 1. The Bertz CT molecular complexity index is 1170. The second kappa shape index (κ2) is 10.7. The number of hydrazone groups is 1.